The van der Waals surface area contributed by atoms with Gasteiger partial charge in [-0.2, -0.15) is 0 Å². The molecule has 0 radical (unpaired) electrons. The summed E-state index contributed by atoms with van der Waals surface area (Å²) < 4.78 is 5.37. The first-order valence-corrected chi connectivity index (χ1v) is 10.9. The number of benzene rings is 2. The van der Waals surface area contributed by atoms with Gasteiger partial charge in [0.15, 0.2) is 11.8 Å². The van der Waals surface area contributed by atoms with E-state index < -0.39 is 5.91 Å². The van der Waals surface area contributed by atoms with Gasteiger partial charge in [-0.3, -0.25) is 14.5 Å². The van der Waals surface area contributed by atoms with Crippen LogP contribution in [0.5, 0.6) is 5.75 Å². The molecule has 0 unspecified atom stereocenters. The van der Waals surface area contributed by atoms with Crippen LogP contribution in [0.15, 0.2) is 65.1 Å². The minimum atomic E-state index is -0.540. The number of amidine groups is 1. The number of nitrogens with one attached hydrogen (secondary N) is 1. The van der Waals surface area contributed by atoms with E-state index in [9.17, 15) is 9.59 Å². The number of carbonyl (C=O) groups excluding carboxylic acids is 2. The Balaban J connectivity index is 1.67. The monoisotopic (exact) mass is 495 g/mol. The Morgan fingerprint density at radius 1 is 1.16 bits per heavy atom. The molecule has 0 bridgehead atoms. The molecule has 0 aromatic heterocycles. The van der Waals surface area contributed by atoms with Gasteiger partial charge in [0.2, 0.25) is 0 Å². The number of ether oxygens (including phenoxy) is 1. The van der Waals surface area contributed by atoms with Crippen LogP contribution in [0.2, 0.25) is 15.1 Å². The van der Waals surface area contributed by atoms with E-state index in [-0.39, 0.29) is 39.9 Å². The maximum absolute atomic E-state index is 12.7. The minimum absolute atomic E-state index is 0.214. The van der Waals surface area contributed by atoms with Crippen molar-refractivity contribution in [3.63, 3.8) is 0 Å². The largest absolute Gasteiger partial charge is 0.482 e. The Kier molecular flexibility index (Phi) is 8.03. The van der Waals surface area contributed by atoms with Gasteiger partial charge in [-0.15, -0.1) is 11.7 Å². The lowest BCUT2D eigenvalue weighted by Gasteiger charge is -2.12. The van der Waals surface area contributed by atoms with E-state index in [1.165, 1.54) is 17.0 Å². The van der Waals surface area contributed by atoms with E-state index >= 15 is 0 Å². The van der Waals surface area contributed by atoms with Gasteiger partial charge in [0, 0.05) is 12.6 Å². The zero-order chi connectivity index (χ0) is 22.4. The molecule has 2 aromatic rings. The summed E-state index contributed by atoms with van der Waals surface area (Å²) in [7, 11) is 0. The molecule has 1 aliphatic rings. The zero-order valence-electron chi connectivity index (χ0n) is 16.0. The van der Waals surface area contributed by atoms with E-state index in [4.69, 9.17) is 39.5 Å². The van der Waals surface area contributed by atoms with Gasteiger partial charge in [-0.1, -0.05) is 71.2 Å². The zero-order valence-corrected chi connectivity index (χ0v) is 19.1. The van der Waals surface area contributed by atoms with E-state index in [0.717, 1.165) is 17.3 Å². The molecular weight excluding hydrogens is 481 g/mol. The van der Waals surface area contributed by atoms with Crippen molar-refractivity contribution in [2.24, 2.45) is 5.10 Å². The highest BCUT2D eigenvalue weighted by molar-refractivity contribution is 8.18. The summed E-state index contributed by atoms with van der Waals surface area (Å²) in [6, 6.07) is 12.3. The van der Waals surface area contributed by atoms with Gasteiger partial charge >= 0.3 is 0 Å². The Morgan fingerprint density at radius 3 is 2.58 bits per heavy atom. The lowest BCUT2D eigenvalue weighted by Crippen LogP contribution is -2.32. The van der Waals surface area contributed by atoms with Gasteiger partial charge in [0.1, 0.15) is 5.75 Å². The second-order valence-electron chi connectivity index (χ2n) is 6.14. The average molecular weight is 497 g/mol. The number of hydrazone groups is 1. The minimum Gasteiger partial charge on any atom is -0.482 e. The number of rotatable bonds is 7. The number of amides is 2. The highest BCUT2D eigenvalue weighted by atomic mass is 35.5. The van der Waals surface area contributed by atoms with Crippen molar-refractivity contribution in [2.75, 3.05) is 13.2 Å². The van der Waals surface area contributed by atoms with Gasteiger partial charge in [-0.05, 0) is 29.5 Å². The Hall–Kier alpha value is -2.45. The third-order valence-electron chi connectivity index (χ3n) is 3.91. The van der Waals surface area contributed by atoms with Gasteiger partial charge < -0.3 is 4.74 Å². The van der Waals surface area contributed by atoms with Crippen molar-refractivity contribution in [2.45, 2.75) is 0 Å². The van der Waals surface area contributed by atoms with E-state index in [1.54, 1.807) is 12.2 Å². The molecule has 31 heavy (non-hydrogen) atoms. The second-order valence-corrected chi connectivity index (χ2v) is 8.37. The Morgan fingerprint density at radius 2 is 1.87 bits per heavy atom. The molecule has 0 aliphatic carbocycles. The van der Waals surface area contributed by atoms with Crippen molar-refractivity contribution in [3.8, 4) is 5.75 Å². The first kappa shape index (κ1) is 23.2. The standard InChI is InChI=1S/C21H16Cl3N3O3S/c1-2-8-27-20(29)18(9-13-6-4-3-5-7-13)31-21(27)26-25-19(28)12-30-17-11-15(23)14(22)10-16(17)24/h2-7,9-11H,1,8,12H2,(H,25,28)/b18-9-,26-21+. The van der Waals surface area contributed by atoms with Crippen LogP contribution in [-0.4, -0.2) is 35.0 Å². The SMILES string of the molecule is C=CCN1C(=O)/C(=C/c2ccccc2)S/C1=N/NC(=O)COc1cc(Cl)c(Cl)cc1Cl. The molecule has 3 rings (SSSR count). The number of nitrogens with zero attached hydrogens (tertiary/aromatic N) is 2. The first-order valence-electron chi connectivity index (χ1n) is 8.90. The lowest BCUT2D eigenvalue weighted by molar-refractivity contribution is -0.123. The molecule has 2 amide bonds. The molecular formula is C21H16Cl3N3O3S. The van der Waals surface area contributed by atoms with Crippen molar-refractivity contribution in [1.29, 1.82) is 0 Å². The number of hydrogen-bond acceptors (Lipinski definition) is 5. The van der Waals surface area contributed by atoms with Crippen LogP contribution in [0.1, 0.15) is 5.56 Å². The van der Waals surface area contributed by atoms with E-state index in [1.807, 2.05) is 30.3 Å². The topological polar surface area (TPSA) is 71.0 Å². The molecule has 0 spiro atoms. The van der Waals surface area contributed by atoms with Crippen molar-refractivity contribution in [1.82, 2.24) is 10.3 Å². The highest BCUT2D eigenvalue weighted by Crippen LogP contribution is 2.34. The molecule has 1 N–H and O–H groups in total. The predicted molar refractivity (Wildman–Crippen MR) is 126 cm³/mol. The molecule has 10 heteroatoms. The van der Waals surface area contributed by atoms with Crippen molar-refractivity contribution in [3.05, 3.63) is 80.7 Å². The molecule has 2 aromatic carbocycles. The molecule has 0 saturated carbocycles. The Labute approximate surface area is 198 Å². The fraction of sp³-hybridized carbons (Fsp3) is 0.0952. The van der Waals surface area contributed by atoms with E-state index in [0.29, 0.717) is 10.1 Å². The first-order chi connectivity index (χ1) is 14.9. The summed E-state index contributed by atoms with van der Waals surface area (Å²) in [5.74, 6) is -0.548. The Bertz CT molecular complexity index is 1070. The molecule has 1 heterocycles. The average Bonchev–Trinajstić information content (AvgIpc) is 3.04. The molecule has 0 atom stereocenters. The lowest BCUT2D eigenvalue weighted by atomic mass is 10.2. The number of thioether (sulfide) groups is 1. The maximum atomic E-state index is 12.7. The summed E-state index contributed by atoms with van der Waals surface area (Å²) in [6.45, 7) is 3.56. The molecule has 1 fully saturated rings. The van der Waals surface area contributed by atoms with Crippen molar-refractivity contribution >= 4 is 69.6 Å². The second kappa shape index (κ2) is 10.7. The molecule has 160 valence electrons. The summed E-state index contributed by atoms with van der Waals surface area (Å²) in [6.07, 6.45) is 3.35. The third kappa shape index (κ3) is 6.04. The molecule has 6 nitrogen and oxygen atoms in total. The van der Waals surface area contributed by atoms with Gasteiger partial charge in [0.05, 0.1) is 20.0 Å². The van der Waals surface area contributed by atoms with E-state index in [2.05, 4.69) is 17.1 Å². The van der Waals surface area contributed by atoms with Crippen LogP contribution >= 0.6 is 46.6 Å². The number of hydrogen-bond donors (Lipinski definition) is 1. The van der Waals surface area contributed by atoms with Crippen LogP contribution in [0, 0.1) is 0 Å². The fourth-order valence-electron chi connectivity index (χ4n) is 2.48. The van der Waals surface area contributed by atoms with Crippen LogP contribution in [0.4, 0.5) is 0 Å². The highest BCUT2D eigenvalue weighted by Gasteiger charge is 2.32. The predicted octanol–water partition coefficient (Wildman–Crippen LogP) is 5.22. The number of halogens is 3. The summed E-state index contributed by atoms with van der Waals surface area (Å²) >= 11 is 19.0. The van der Waals surface area contributed by atoms with Crippen LogP contribution in [0.3, 0.4) is 0 Å². The van der Waals surface area contributed by atoms with Crippen LogP contribution < -0.4 is 10.2 Å². The third-order valence-corrected chi connectivity index (χ3v) is 5.93. The van der Waals surface area contributed by atoms with Gasteiger partial charge in [-0.25, -0.2) is 5.43 Å². The van der Waals surface area contributed by atoms with Gasteiger partial charge in [0.25, 0.3) is 11.8 Å². The van der Waals surface area contributed by atoms with Crippen LogP contribution in [0.25, 0.3) is 6.08 Å². The smallest absolute Gasteiger partial charge is 0.278 e. The van der Waals surface area contributed by atoms with Crippen molar-refractivity contribution < 1.29 is 14.3 Å². The summed E-state index contributed by atoms with van der Waals surface area (Å²) in [4.78, 5) is 26.8. The van der Waals surface area contributed by atoms with Crippen LogP contribution in [-0.2, 0) is 9.59 Å². The quantitative estimate of drug-likeness (QED) is 0.247. The summed E-state index contributed by atoms with van der Waals surface area (Å²) in [5.41, 5.74) is 3.26. The molecule has 1 aliphatic heterocycles. The summed E-state index contributed by atoms with van der Waals surface area (Å²) in [5, 5.41) is 5.14. The molecule has 1 saturated heterocycles. The fourth-order valence-corrected chi connectivity index (χ4v) is 4.02. The normalized spacial score (nSPS) is 16.1. The number of carbonyl (C=O) groups is 2. The maximum Gasteiger partial charge on any atom is 0.278 e.